The van der Waals surface area contributed by atoms with E-state index in [1.165, 1.54) is 28.3 Å². The van der Waals surface area contributed by atoms with E-state index < -0.39 is 5.95 Å². The molecule has 7 aromatic rings. The van der Waals surface area contributed by atoms with Gasteiger partial charge < -0.3 is 0 Å². The topological polar surface area (TPSA) is 16.1 Å². The fourth-order valence-corrected chi connectivity index (χ4v) is 5.68. The van der Waals surface area contributed by atoms with Crippen molar-refractivity contribution in [3.05, 3.63) is 158 Å². The number of hydrogen-bond donors (Lipinski definition) is 0. The average molecular weight is 517 g/mol. The molecule has 0 fully saturated rings. The summed E-state index contributed by atoms with van der Waals surface area (Å²) in [5, 5.41) is 4.37. The SMILES string of the molecule is Fc1cccc(N(c2ccccc2)c2c3ccccc3c(-c3ccccc3-c3ccccc3)c3ccccc23)n1. The zero-order valence-electron chi connectivity index (χ0n) is 21.7. The Morgan fingerprint density at radius 2 is 0.975 bits per heavy atom. The molecule has 0 saturated heterocycles. The molecule has 0 aliphatic carbocycles. The first-order valence-electron chi connectivity index (χ1n) is 13.4. The van der Waals surface area contributed by atoms with Gasteiger partial charge in [0.15, 0.2) is 0 Å². The summed E-state index contributed by atoms with van der Waals surface area (Å²) in [5.74, 6) is 0.0133. The van der Waals surface area contributed by atoms with Gasteiger partial charge in [0.1, 0.15) is 5.82 Å². The maximum Gasteiger partial charge on any atom is 0.214 e. The van der Waals surface area contributed by atoms with E-state index in [9.17, 15) is 4.39 Å². The second-order valence-corrected chi connectivity index (χ2v) is 9.72. The number of aromatic nitrogens is 1. The van der Waals surface area contributed by atoms with E-state index in [4.69, 9.17) is 0 Å². The first-order valence-corrected chi connectivity index (χ1v) is 13.4. The summed E-state index contributed by atoms with van der Waals surface area (Å²) >= 11 is 0. The summed E-state index contributed by atoms with van der Waals surface area (Å²) in [7, 11) is 0. The molecule has 0 amide bonds. The molecule has 0 atom stereocenters. The molecule has 0 spiro atoms. The molecule has 0 N–H and O–H groups in total. The van der Waals surface area contributed by atoms with Crippen LogP contribution >= 0.6 is 0 Å². The van der Waals surface area contributed by atoms with Crippen molar-refractivity contribution < 1.29 is 4.39 Å². The van der Waals surface area contributed by atoms with Crippen LogP contribution in [-0.4, -0.2) is 4.98 Å². The molecule has 0 saturated carbocycles. The van der Waals surface area contributed by atoms with Gasteiger partial charge in [0.2, 0.25) is 5.95 Å². The van der Waals surface area contributed by atoms with Crippen LogP contribution in [0.5, 0.6) is 0 Å². The van der Waals surface area contributed by atoms with Gasteiger partial charge in [-0.25, -0.2) is 4.98 Å². The lowest BCUT2D eigenvalue weighted by atomic mass is 9.86. The van der Waals surface area contributed by atoms with E-state index in [-0.39, 0.29) is 0 Å². The van der Waals surface area contributed by atoms with Crippen molar-refractivity contribution in [2.24, 2.45) is 0 Å². The van der Waals surface area contributed by atoms with E-state index in [1.807, 2.05) is 42.5 Å². The number of nitrogens with zero attached hydrogens (tertiary/aromatic N) is 2. The summed E-state index contributed by atoms with van der Waals surface area (Å²) in [6.45, 7) is 0. The second kappa shape index (κ2) is 10.1. The zero-order valence-corrected chi connectivity index (χ0v) is 21.7. The third-order valence-electron chi connectivity index (χ3n) is 7.35. The maximum atomic E-state index is 14.5. The molecular formula is C37H25FN2. The Kier molecular flexibility index (Phi) is 6.02. The van der Waals surface area contributed by atoms with Crippen LogP contribution in [0, 0.1) is 5.95 Å². The van der Waals surface area contributed by atoms with Crippen molar-refractivity contribution in [2.45, 2.75) is 0 Å². The van der Waals surface area contributed by atoms with E-state index in [1.54, 1.807) is 6.07 Å². The molecule has 0 unspecified atom stereocenters. The fourth-order valence-electron chi connectivity index (χ4n) is 5.68. The van der Waals surface area contributed by atoms with Crippen molar-refractivity contribution in [3.63, 3.8) is 0 Å². The molecule has 7 rings (SSSR count). The van der Waals surface area contributed by atoms with E-state index in [2.05, 4.69) is 107 Å². The Hall–Kier alpha value is -5.28. The zero-order chi connectivity index (χ0) is 26.9. The molecular weight excluding hydrogens is 491 g/mol. The monoisotopic (exact) mass is 516 g/mol. The number of rotatable bonds is 5. The van der Waals surface area contributed by atoms with Gasteiger partial charge in [-0.2, -0.15) is 4.39 Å². The molecule has 3 heteroatoms. The Morgan fingerprint density at radius 1 is 0.450 bits per heavy atom. The molecule has 1 heterocycles. The van der Waals surface area contributed by atoms with Crippen LogP contribution in [0.4, 0.5) is 21.6 Å². The molecule has 0 aliphatic heterocycles. The van der Waals surface area contributed by atoms with Gasteiger partial charge in [-0.15, -0.1) is 0 Å². The summed E-state index contributed by atoms with van der Waals surface area (Å²) < 4.78 is 14.5. The van der Waals surface area contributed by atoms with Crippen LogP contribution < -0.4 is 4.90 Å². The van der Waals surface area contributed by atoms with Gasteiger partial charge in [0.25, 0.3) is 0 Å². The first kappa shape index (κ1) is 23.8. The molecule has 0 bridgehead atoms. The minimum Gasteiger partial charge on any atom is -0.294 e. The number of halogens is 1. The van der Waals surface area contributed by atoms with Gasteiger partial charge in [-0.05, 0) is 57.3 Å². The van der Waals surface area contributed by atoms with Crippen molar-refractivity contribution in [2.75, 3.05) is 4.90 Å². The standard InChI is InChI=1S/C37H25FN2/c38-34-24-13-25-35(39-34)40(27-16-5-2-6-17-27)37-32-22-11-9-20-30(32)36(31-21-10-12-23-33(31)37)29-19-8-7-18-28(29)26-14-3-1-4-15-26/h1-25H. The number of benzene rings is 6. The summed E-state index contributed by atoms with van der Waals surface area (Å²) in [4.78, 5) is 6.40. The molecule has 6 aromatic carbocycles. The lowest BCUT2D eigenvalue weighted by molar-refractivity contribution is 0.584. The van der Waals surface area contributed by atoms with Crippen LogP contribution in [0.25, 0.3) is 43.8 Å². The molecule has 0 aliphatic rings. The highest BCUT2D eigenvalue weighted by molar-refractivity contribution is 6.23. The minimum absolute atomic E-state index is 0.513. The largest absolute Gasteiger partial charge is 0.294 e. The van der Waals surface area contributed by atoms with Crippen molar-refractivity contribution in [3.8, 4) is 22.3 Å². The van der Waals surface area contributed by atoms with Gasteiger partial charge in [0.05, 0.1) is 5.69 Å². The summed E-state index contributed by atoms with van der Waals surface area (Å²) in [5.41, 5.74) is 6.57. The van der Waals surface area contributed by atoms with Crippen molar-refractivity contribution >= 4 is 38.7 Å². The maximum absolute atomic E-state index is 14.5. The molecule has 0 radical (unpaired) electrons. The van der Waals surface area contributed by atoms with E-state index >= 15 is 0 Å². The molecule has 2 nitrogen and oxygen atoms in total. The number of para-hydroxylation sites is 1. The third kappa shape index (κ3) is 4.09. The number of anilines is 3. The Labute approximate surface area is 232 Å². The summed E-state index contributed by atoms with van der Waals surface area (Å²) in [6.07, 6.45) is 0. The van der Waals surface area contributed by atoms with Crippen LogP contribution in [0.2, 0.25) is 0 Å². The van der Waals surface area contributed by atoms with Gasteiger partial charge in [-0.1, -0.05) is 127 Å². The third-order valence-corrected chi connectivity index (χ3v) is 7.35. The Bertz CT molecular complexity index is 1910. The van der Waals surface area contributed by atoms with Gasteiger partial charge >= 0.3 is 0 Å². The van der Waals surface area contributed by atoms with Crippen molar-refractivity contribution in [1.29, 1.82) is 0 Å². The number of fused-ring (bicyclic) bond motifs is 2. The van der Waals surface area contributed by atoms with E-state index in [0.717, 1.165) is 32.9 Å². The normalized spacial score (nSPS) is 11.1. The lowest BCUT2D eigenvalue weighted by Gasteiger charge is -2.28. The molecule has 190 valence electrons. The van der Waals surface area contributed by atoms with Crippen LogP contribution in [0.1, 0.15) is 0 Å². The predicted octanol–water partition coefficient (Wildman–Crippen LogP) is 10.3. The van der Waals surface area contributed by atoms with Crippen LogP contribution in [0.15, 0.2) is 152 Å². The quantitative estimate of drug-likeness (QED) is 0.167. The highest BCUT2D eigenvalue weighted by atomic mass is 19.1. The smallest absolute Gasteiger partial charge is 0.214 e. The van der Waals surface area contributed by atoms with Gasteiger partial charge in [-0.3, -0.25) is 4.90 Å². The summed E-state index contributed by atoms with van der Waals surface area (Å²) in [6, 6.07) is 51.1. The number of hydrogen-bond acceptors (Lipinski definition) is 2. The Morgan fingerprint density at radius 3 is 1.60 bits per heavy atom. The predicted molar refractivity (Wildman–Crippen MR) is 165 cm³/mol. The van der Waals surface area contributed by atoms with Crippen LogP contribution in [0.3, 0.4) is 0 Å². The van der Waals surface area contributed by atoms with Crippen molar-refractivity contribution in [1.82, 2.24) is 4.98 Å². The van der Waals surface area contributed by atoms with E-state index in [0.29, 0.717) is 5.82 Å². The van der Waals surface area contributed by atoms with Gasteiger partial charge in [0, 0.05) is 16.5 Å². The Balaban J connectivity index is 1.62. The fraction of sp³-hybridized carbons (Fsp3) is 0. The highest BCUT2D eigenvalue weighted by Crippen LogP contribution is 2.48. The first-order chi connectivity index (χ1) is 19.8. The molecule has 40 heavy (non-hydrogen) atoms. The van der Waals surface area contributed by atoms with Crippen LogP contribution in [-0.2, 0) is 0 Å². The second-order valence-electron chi connectivity index (χ2n) is 9.72. The average Bonchev–Trinajstić information content (AvgIpc) is 3.02. The lowest BCUT2D eigenvalue weighted by Crippen LogP contribution is -2.13. The molecule has 1 aromatic heterocycles. The highest BCUT2D eigenvalue weighted by Gasteiger charge is 2.23. The minimum atomic E-state index is -0.513. The number of pyridine rings is 1.